The Kier molecular flexibility index (Phi) is 5.85. The third-order valence-electron chi connectivity index (χ3n) is 4.70. The van der Waals surface area contributed by atoms with E-state index in [0.717, 1.165) is 5.56 Å². The van der Waals surface area contributed by atoms with E-state index >= 15 is 0 Å². The molecule has 2 atom stereocenters. The number of hydrogen-bond donors (Lipinski definition) is 1. The van der Waals surface area contributed by atoms with Crippen LogP contribution in [0.5, 0.6) is 0 Å². The Morgan fingerprint density at radius 2 is 1.93 bits per heavy atom. The number of ether oxygens (including phenoxy) is 1. The van der Waals surface area contributed by atoms with E-state index in [1.165, 1.54) is 12.1 Å². The largest absolute Gasteiger partial charge is 0.444 e. The third kappa shape index (κ3) is 4.70. The molecule has 29 heavy (non-hydrogen) atoms. The van der Waals surface area contributed by atoms with Gasteiger partial charge < -0.3 is 15.0 Å². The van der Waals surface area contributed by atoms with Crippen molar-refractivity contribution >= 4 is 29.3 Å². The van der Waals surface area contributed by atoms with Crippen LogP contribution in [0.4, 0.5) is 14.9 Å². The predicted octanol–water partition coefficient (Wildman–Crippen LogP) is 5.02. The van der Waals surface area contributed by atoms with Gasteiger partial charge in [-0.1, -0.05) is 41.9 Å². The van der Waals surface area contributed by atoms with Gasteiger partial charge in [-0.25, -0.2) is 9.18 Å². The van der Waals surface area contributed by atoms with Crippen molar-refractivity contribution < 1.29 is 18.7 Å². The quantitative estimate of drug-likeness (QED) is 0.761. The fourth-order valence-electron chi connectivity index (χ4n) is 3.40. The number of fused-ring (bicyclic) bond motifs is 1. The van der Waals surface area contributed by atoms with Crippen molar-refractivity contribution in [3.05, 3.63) is 64.4 Å². The summed E-state index contributed by atoms with van der Waals surface area (Å²) in [7, 11) is 0. The zero-order valence-electron chi connectivity index (χ0n) is 16.8. The van der Waals surface area contributed by atoms with Crippen molar-refractivity contribution in [2.45, 2.75) is 51.8 Å². The summed E-state index contributed by atoms with van der Waals surface area (Å²) < 4.78 is 19.4. The fourth-order valence-corrected chi connectivity index (χ4v) is 3.56. The van der Waals surface area contributed by atoms with Crippen molar-refractivity contribution in [1.82, 2.24) is 5.32 Å². The minimum Gasteiger partial charge on any atom is -0.444 e. The molecule has 0 fully saturated rings. The topological polar surface area (TPSA) is 58.6 Å². The lowest BCUT2D eigenvalue weighted by Gasteiger charge is -2.38. The number of alkyl carbamates (subject to hydrolysis) is 1. The molecule has 0 saturated carbocycles. The number of hydrogen-bond acceptors (Lipinski definition) is 3. The third-order valence-corrected chi connectivity index (χ3v) is 4.99. The number of nitrogens with zero attached hydrogens (tertiary/aromatic N) is 1. The van der Waals surface area contributed by atoms with Gasteiger partial charge in [0.25, 0.3) is 5.91 Å². The summed E-state index contributed by atoms with van der Waals surface area (Å²) in [4.78, 5) is 27.1. The summed E-state index contributed by atoms with van der Waals surface area (Å²) in [5.74, 6) is -0.870. The van der Waals surface area contributed by atoms with Crippen molar-refractivity contribution in [3.8, 4) is 0 Å². The first kappa shape index (κ1) is 21.1. The zero-order chi connectivity index (χ0) is 21.3. The van der Waals surface area contributed by atoms with E-state index in [1.54, 1.807) is 25.7 Å². The molecule has 0 bridgehead atoms. The van der Waals surface area contributed by atoms with E-state index < -0.39 is 23.6 Å². The van der Waals surface area contributed by atoms with E-state index in [9.17, 15) is 14.0 Å². The SMILES string of the molecule is C[C@@H](c1ccccc1)N1C(=O)[C@H](NC(=O)OC(C)(C)C)Cc2cc(F)c(Cl)cc21. The van der Waals surface area contributed by atoms with E-state index in [0.29, 0.717) is 11.3 Å². The highest BCUT2D eigenvalue weighted by atomic mass is 35.5. The molecule has 0 unspecified atom stereocenters. The first-order chi connectivity index (χ1) is 13.6. The van der Waals surface area contributed by atoms with Gasteiger partial charge in [-0.3, -0.25) is 4.79 Å². The first-order valence-electron chi connectivity index (χ1n) is 9.42. The van der Waals surface area contributed by atoms with E-state index in [-0.39, 0.29) is 23.4 Å². The lowest BCUT2D eigenvalue weighted by Crippen LogP contribution is -2.54. The van der Waals surface area contributed by atoms with Gasteiger partial charge in [-0.15, -0.1) is 0 Å². The second-order valence-electron chi connectivity index (χ2n) is 8.09. The molecular formula is C22H24ClFN2O3. The molecule has 0 saturated heterocycles. The Morgan fingerprint density at radius 3 is 2.55 bits per heavy atom. The molecule has 1 aliphatic heterocycles. The Hall–Kier alpha value is -2.60. The van der Waals surface area contributed by atoms with Crippen LogP contribution in [0, 0.1) is 5.82 Å². The van der Waals surface area contributed by atoms with Gasteiger partial charge in [0.15, 0.2) is 0 Å². The molecule has 0 aliphatic carbocycles. The van der Waals surface area contributed by atoms with Gasteiger partial charge in [0.1, 0.15) is 17.5 Å². The molecule has 1 N–H and O–H groups in total. The monoisotopic (exact) mass is 418 g/mol. The summed E-state index contributed by atoms with van der Waals surface area (Å²) >= 11 is 6.00. The average molecular weight is 419 g/mol. The normalized spacial score (nSPS) is 17.5. The molecular weight excluding hydrogens is 395 g/mol. The summed E-state index contributed by atoms with van der Waals surface area (Å²) in [6.45, 7) is 7.10. The van der Waals surface area contributed by atoms with E-state index in [1.807, 2.05) is 37.3 Å². The van der Waals surface area contributed by atoms with Crippen LogP contribution in [0.3, 0.4) is 0 Å². The number of carbonyl (C=O) groups excluding carboxylic acids is 2. The summed E-state index contributed by atoms with van der Waals surface area (Å²) in [6.07, 6.45) is -0.541. The molecule has 154 valence electrons. The van der Waals surface area contributed by atoms with Gasteiger partial charge in [0.2, 0.25) is 0 Å². The van der Waals surface area contributed by atoms with Crippen molar-refractivity contribution in [3.63, 3.8) is 0 Å². The van der Waals surface area contributed by atoms with Crippen molar-refractivity contribution in [1.29, 1.82) is 0 Å². The van der Waals surface area contributed by atoms with Gasteiger partial charge in [-0.05, 0) is 51.0 Å². The molecule has 0 aromatic heterocycles. The maximum absolute atomic E-state index is 14.1. The minimum atomic E-state index is -0.871. The maximum Gasteiger partial charge on any atom is 0.408 e. The average Bonchev–Trinajstić information content (AvgIpc) is 2.63. The minimum absolute atomic E-state index is 0.0552. The van der Waals surface area contributed by atoms with Crippen LogP contribution in [0.1, 0.15) is 44.9 Å². The number of halogens is 2. The molecule has 0 radical (unpaired) electrons. The molecule has 5 nitrogen and oxygen atoms in total. The molecule has 3 rings (SSSR count). The van der Waals surface area contributed by atoms with Crippen LogP contribution < -0.4 is 10.2 Å². The summed E-state index contributed by atoms with van der Waals surface area (Å²) in [6, 6.07) is 11.1. The number of anilines is 1. The van der Waals surface area contributed by atoms with Gasteiger partial charge in [0.05, 0.1) is 11.1 Å². The maximum atomic E-state index is 14.1. The second-order valence-corrected chi connectivity index (χ2v) is 8.50. The number of rotatable bonds is 3. The van der Waals surface area contributed by atoms with E-state index in [2.05, 4.69) is 5.32 Å². The fraction of sp³-hybridized carbons (Fsp3) is 0.364. The number of nitrogens with one attached hydrogen (secondary N) is 1. The highest BCUT2D eigenvalue weighted by Crippen LogP contribution is 2.37. The Balaban J connectivity index is 1.98. The van der Waals surface area contributed by atoms with E-state index in [4.69, 9.17) is 16.3 Å². The predicted molar refractivity (Wildman–Crippen MR) is 111 cm³/mol. The van der Waals surface area contributed by atoms with Crippen molar-refractivity contribution in [2.75, 3.05) is 4.90 Å². The lowest BCUT2D eigenvalue weighted by atomic mass is 9.94. The van der Waals surface area contributed by atoms with Crippen LogP contribution in [-0.4, -0.2) is 23.6 Å². The van der Waals surface area contributed by atoms with Gasteiger partial charge in [0, 0.05) is 12.1 Å². The highest BCUT2D eigenvalue weighted by molar-refractivity contribution is 6.31. The first-order valence-corrected chi connectivity index (χ1v) is 9.80. The molecule has 2 amide bonds. The van der Waals surface area contributed by atoms with Gasteiger partial charge >= 0.3 is 6.09 Å². The number of amides is 2. The second kappa shape index (κ2) is 8.03. The van der Waals surface area contributed by atoms with Crippen LogP contribution >= 0.6 is 11.6 Å². The molecule has 1 aliphatic rings. The Bertz CT molecular complexity index is 928. The van der Waals surface area contributed by atoms with Crippen LogP contribution in [0.2, 0.25) is 5.02 Å². The number of benzene rings is 2. The molecule has 1 heterocycles. The van der Waals surface area contributed by atoms with Crippen LogP contribution in [0.15, 0.2) is 42.5 Å². The molecule has 2 aromatic carbocycles. The van der Waals surface area contributed by atoms with Crippen LogP contribution in [-0.2, 0) is 16.0 Å². The Morgan fingerprint density at radius 1 is 1.28 bits per heavy atom. The smallest absolute Gasteiger partial charge is 0.408 e. The standard InChI is InChI=1S/C22H24ClFN2O3/c1-13(14-8-6-5-7-9-14)26-19-12-16(23)17(24)10-15(19)11-18(20(26)27)25-21(28)29-22(2,3)4/h5-10,12-13,18H,11H2,1-4H3,(H,25,28)/t13-,18+/m0/s1. The highest BCUT2D eigenvalue weighted by Gasteiger charge is 2.38. The Labute approximate surface area is 174 Å². The lowest BCUT2D eigenvalue weighted by molar-refractivity contribution is -0.121. The molecule has 0 spiro atoms. The zero-order valence-corrected chi connectivity index (χ0v) is 17.6. The van der Waals surface area contributed by atoms with Gasteiger partial charge in [-0.2, -0.15) is 0 Å². The van der Waals surface area contributed by atoms with Crippen molar-refractivity contribution in [2.24, 2.45) is 0 Å². The van der Waals surface area contributed by atoms with Crippen LogP contribution in [0.25, 0.3) is 0 Å². The number of carbonyl (C=O) groups is 2. The summed E-state index contributed by atoms with van der Waals surface area (Å²) in [5, 5.41) is 2.57. The summed E-state index contributed by atoms with van der Waals surface area (Å²) in [5.41, 5.74) is 1.34. The molecule has 7 heteroatoms. The molecule has 2 aromatic rings.